The van der Waals surface area contributed by atoms with Crippen LogP contribution in [0.1, 0.15) is 10.4 Å². The number of rotatable bonds is 7. The van der Waals surface area contributed by atoms with Crippen LogP contribution < -0.4 is 9.62 Å². The number of sulfonamides is 2. The maximum absolute atomic E-state index is 13.0. The van der Waals surface area contributed by atoms with Crippen LogP contribution in [-0.2, 0) is 24.8 Å². The number of anilines is 2. The second-order valence-electron chi connectivity index (χ2n) is 7.00. The SMILES string of the molecule is CN(C)S(=O)(=O)c1ccc(N2CCOCC2)c(NS(=O)(=O)c2cccc(C(=O)O)c2)c1. The first-order valence-corrected chi connectivity index (χ1v) is 12.2. The van der Waals surface area contributed by atoms with Crippen molar-refractivity contribution in [1.29, 1.82) is 0 Å². The lowest BCUT2D eigenvalue weighted by atomic mass is 10.2. The monoisotopic (exact) mass is 469 g/mol. The zero-order valence-corrected chi connectivity index (χ0v) is 18.6. The molecule has 0 aromatic heterocycles. The highest BCUT2D eigenvalue weighted by atomic mass is 32.2. The minimum absolute atomic E-state index is 0.0746. The molecule has 0 amide bonds. The molecule has 1 fully saturated rings. The van der Waals surface area contributed by atoms with Crippen molar-refractivity contribution in [2.75, 3.05) is 50.0 Å². The Labute approximate surface area is 181 Å². The summed E-state index contributed by atoms with van der Waals surface area (Å²) in [6.07, 6.45) is 0. The van der Waals surface area contributed by atoms with Crippen LogP contribution in [-0.4, -0.2) is 72.6 Å². The van der Waals surface area contributed by atoms with Gasteiger partial charge in [0.05, 0.1) is 39.9 Å². The molecule has 10 nitrogen and oxygen atoms in total. The lowest BCUT2D eigenvalue weighted by molar-refractivity contribution is 0.0696. The highest BCUT2D eigenvalue weighted by Gasteiger charge is 2.24. The average molecular weight is 470 g/mol. The van der Waals surface area contributed by atoms with Gasteiger partial charge in [-0.05, 0) is 36.4 Å². The summed E-state index contributed by atoms with van der Waals surface area (Å²) in [5.74, 6) is -1.26. The van der Waals surface area contributed by atoms with E-state index in [9.17, 15) is 21.6 Å². The number of aromatic carboxylic acids is 1. The first kappa shape index (κ1) is 23.0. The van der Waals surface area contributed by atoms with Crippen molar-refractivity contribution in [3.63, 3.8) is 0 Å². The molecule has 0 radical (unpaired) electrons. The van der Waals surface area contributed by atoms with E-state index in [1.807, 2.05) is 4.90 Å². The van der Waals surface area contributed by atoms with Crippen molar-refractivity contribution >= 4 is 37.4 Å². The van der Waals surface area contributed by atoms with Crippen LogP contribution >= 0.6 is 0 Å². The van der Waals surface area contributed by atoms with E-state index in [2.05, 4.69) is 4.72 Å². The van der Waals surface area contributed by atoms with E-state index >= 15 is 0 Å². The van der Waals surface area contributed by atoms with E-state index in [1.54, 1.807) is 6.07 Å². The molecule has 1 aliphatic heterocycles. The van der Waals surface area contributed by atoms with Gasteiger partial charge in [0.2, 0.25) is 10.0 Å². The van der Waals surface area contributed by atoms with Gasteiger partial charge in [-0.25, -0.2) is 25.9 Å². The van der Waals surface area contributed by atoms with Gasteiger partial charge in [-0.1, -0.05) is 6.07 Å². The van der Waals surface area contributed by atoms with E-state index in [0.717, 1.165) is 10.4 Å². The highest BCUT2D eigenvalue weighted by Crippen LogP contribution is 2.32. The van der Waals surface area contributed by atoms with Gasteiger partial charge >= 0.3 is 5.97 Å². The second kappa shape index (κ2) is 8.83. The fraction of sp³-hybridized carbons (Fsp3) is 0.316. The van der Waals surface area contributed by atoms with E-state index in [0.29, 0.717) is 32.0 Å². The van der Waals surface area contributed by atoms with Gasteiger partial charge in [0.25, 0.3) is 10.0 Å². The van der Waals surface area contributed by atoms with Gasteiger partial charge in [0.15, 0.2) is 0 Å². The Kier molecular flexibility index (Phi) is 6.55. The number of carboxylic acid groups (broad SMARTS) is 1. The molecule has 31 heavy (non-hydrogen) atoms. The fourth-order valence-corrected chi connectivity index (χ4v) is 5.09. The van der Waals surface area contributed by atoms with Crippen LogP contribution in [0, 0.1) is 0 Å². The van der Waals surface area contributed by atoms with Crippen LogP contribution in [0.15, 0.2) is 52.3 Å². The average Bonchev–Trinajstić information content (AvgIpc) is 2.74. The summed E-state index contributed by atoms with van der Waals surface area (Å²) in [4.78, 5) is 12.8. The lowest BCUT2D eigenvalue weighted by Crippen LogP contribution is -2.37. The predicted molar refractivity (Wildman–Crippen MR) is 115 cm³/mol. The van der Waals surface area contributed by atoms with E-state index in [1.165, 1.54) is 44.4 Å². The van der Waals surface area contributed by atoms with Crippen molar-refractivity contribution in [3.8, 4) is 0 Å². The third kappa shape index (κ3) is 4.98. The molecule has 12 heteroatoms. The summed E-state index contributed by atoms with van der Waals surface area (Å²) in [7, 11) is -5.24. The van der Waals surface area contributed by atoms with Crippen molar-refractivity contribution < 1.29 is 31.5 Å². The molecule has 0 aliphatic carbocycles. The van der Waals surface area contributed by atoms with Gasteiger partial charge in [0, 0.05) is 27.2 Å². The smallest absolute Gasteiger partial charge is 0.335 e. The zero-order chi connectivity index (χ0) is 22.8. The molecular formula is C19H23N3O7S2. The second-order valence-corrected chi connectivity index (χ2v) is 10.8. The fourth-order valence-electron chi connectivity index (χ4n) is 3.05. The topological polar surface area (TPSA) is 133 Å². The van der Waals surface area contributed by atoms with Crippen LogP contribution in [0.25, 0.3) is 0 Å². The molecule has 0 atom stereocenters. The number of hydrogen-bond donors (Lipinski definition) is 2. The molecule has 0 unspecified atom stereocenters. The first-order chi connectivity index (χ1) is 14.5. The van der Waals surface area contributed by atoms with Crippen molar-refractivity contribution in [1.82, 2.24) is 4.31 Å². The zero-order valence-electron chi connectivity index (χ0n) is 17.0. The summed E-state index contributed by atoms with van der Waals surface area (Å²) < 4.78 is 60.0. The minimum Gasteiger partial charge on any atom is -0.478 e. The van der Waals surface area contributed by atoms with Crippen LogP contribution in [0.5, 0.6) is 0 Å². The molecule has 2 aromatic rings. The quantitative estimate of drug-likeness (QED) is 0.619. The molecule has 2 N–H and O–H groups in total. The maximum Gasteiger partial charge on any atom is 0.335 e. The molecule has 1 saturated heterocycles. The summed E-state index contributed by atoms with van der Waals surface area (Å²) >= 11 is 0. The van der Waals surface area contributed by atoms with Gasteiger partial charge in [-0.3, -0.25) is 4.72 Å². The maximum atomic E-state index is 13.0. The molecule has 0 saturated carbocycles. The van der Waals surface area contributed by atoms with Crippen LogP contribution in [0.4, 0.5) is 11.4 Å². The van der Waals surface area contributed by atoms with Crippen molar-refractivity contribution in [2.45, 2.75) is 9.79 Å². The summed E-state index contributed by atoms with van der Waals surface area (Å²) in [5.41, 5.74) is 0.393. The first-order valence-electron chi connectivity index (χ1n) is 9.28. The van der Waals surface area contributed by atoms with E-state index < -0.39 is 26.0 Å². The molecule has 1 aliphatic rings. The molecule has 0 bridgehead atoms. The summed E-state index contributed by atoms with van der Waals surface area (Å²) in [6, 6.07) is 9.15. The predicted octanol–water partition coefficient (Wildman–Crippen LogP) is 1.27. The van der Waals surface area contributed by atoms with Crippen LogP contribution in [0.3, 0.4) is 0 Å². The summed E-state index contributed by atoms with van der Waals surface area (Å²) in [5, 5.41) is 9.15. The number of benzene rings is 2. The summed E-state index contributed by atoms with van der Waals surface area (Å²) in [6.45, 7) is 1.90. The Morgan fingerprint density at radius 1 is 1.03 bits per heavy atom. The molecule has 3 rings (SSSR count). The Morgan fingerprint density at radius 3 is 2.32 bits per heavy atom. The molecule has 0 spiro atoms. The largest absolute Gasteiger partial charge is 0.478 e. The number of carboxylic acids is 1. The van der Waals surface area contributed by atoms with Crippen molar-refractivity contribution in [3.05, 3.63) is 48.0 Å². The van der Waals surface area contributed by atoms with E-state index in [4.69, 9.17) is 9.84 Å². The van der Waals surface area contributed by atoms with E-state index in [-0.39, 0.29) is 21.0 Å². The molecule has 168 valence electrons. The minimum atomic E-state index is -4.19. The van der Waals surface area contributed by atoms with Gasteiger partial charge in [0.1, 0.15) is 0 Å². The molecule has 2 aromatic carbocycles. The van der Waals surface area contributed by atoms with Gasteiger partial charge < -0.3 is 14.7 Å². The highest BCUT2D eigenvalue weighted by molar-refractivity contribution is 7.92. The molecule has 1 heterocycles. The number of hydrogen-bond acceptors (Lipinski definition) is 7. The Morgan fingerprint density at radius 2 is 1.71 bits per heavy atom. The van der Waals surface area contributed by atoms with Crippen molar-refractivity contribution in [2.24, 2.45) is 0 Å². The third-order valence-corrected chi connectivity index (χ3v) is 7.91. The number of morpholine rings is 1. The Balaban J connectivity index is 2.08. The van der Waals surface area contributed by atoms with Crippen LogP contribution in [0.2, 0.25) is 0 Å². The number of nitrogens with one attached hydrogen (secondary N) is 1. The Bertz CT molecular complexity index is 1190. The normalized spacial score (nSPS) is 15.1. The number of ether oxygens (including phenoxy) is 1. The number of carbonyl (C=O) groups is 1. The Hall–Kier alpha value is -2.67. The van der Waals surface area contributed by atoms with Gasteiger partial charge in [-0.2, -0.15) is 0 Å². The third-order valence-electron chi connectivity index (χ3n) is 4.73. The number of nitrogens with zero attached hydrogens (tertiary/aromatic N) is 2. The standard InChI is InChI=1S/C19H23N3O7S2/c1-21(2)31(27,28)16-6-7-18(22-8-10-29-11-9-22)17(13-16)20-30(25,26)15-5-3-4-14(12-15)19(23)24/h3-7,12-13,20H,8-11H2,1-2H3,(H,23,24). The van der Waals surface area contributed by atoms with Gasteiger partial charge in [-0.15, -0.1) is 0 Å². The molecular weight excluding hydrogens is 446 g/mol. The lowest BCUT2D eigenvalue weighted by Gasteiger charge is -2.31.